The molecule has 0 aliphatic heterocycles. The maximum atomic E-state index is 11.8. The van der Waals surface area contributed by atoms with Crippen LogP contribution in [0.25, 0.3) is 0 Å². The number of carboxylic acid groups (broad SMARTS) is 1. The fourth-order valence-corrected chi connectivity index (χ4v) is 2.74. The molecule has 0 aromatic heterocycles. The van der Waals surface area contributed by atoms with Crippen LogP contribution < -0.4 is 5.32 Å². The first-order valence-electron chi connectivity index (χ1n) is 5.45. The van der Waals surface area contributed by atoms with Gasteiger partial charge in [-0.05, 0) is 26.0 Å². The molecule has 0 heterocycles. The molecule has 0 radical (unpaired) electrons. The van der Waals surface area contributed by atoms with Crippen molar-refractivity contribution in [2.75, 3.05) is 11.1 Å². The van der Waals surface area contributed by atoms with Crippen molar-refractivity contribution in [1.29, 1.82) is 0 Å². The third kappa shape index (κ3) is 4.74. The number of benzene rings is 1. The van der Waals surface area contributed by atoms with Crippen molar-refractivity contribution in [3.05, 3.63) is 27.2 Å². The van der Waals surface area contributed by atoms with Crippen LogP contribution in [0.5, 0.6) is 0 Å². The highest BCUT2D eigenvalue weighted by Gasteiger charge is 2.28. The highest BCUT2D eigenvalue weighted by Crippen LogP contribution is 2.34. The molecule has 0 aliphatic rings. The third-order valence-corrected chi connectivity index (χ3v) is 4.47. The van der Waals surface area contributed by atoms with Crippen LogP contribution in [-0.2, 0) is 9.59 Å². The van der Waals surface area contributed by atoms with E-state index >= 15 is 0 Å². The number of rotatable bonds is 5. The molecule has 1 amide bonds. The van der Waals surface area contributed by atoms with Gasteiger partial charge in [0.2, 0.25) is 5.91 Å². The molecule has 0 spiro atoms. The van der Waals surface area contributed by atoms with Gasteiger partial charge in [0.25, 0.3) is 0 Å². The van der Waals surface area contributed by atoms with Gasteiger partial charge in [0, 0.05) is 5.02 Å². The van der Waals surface area contributed by atoms with E-state index in [1.165, 1.54) is 26.0 Å². The summed E-state index contributed by atoms with van der Waals surface area (Å²) in [6, 6.07) is 2.91. The molecule has 2 N–H and O–H groups in total. The lowest BCUT2D eigenvalue weighted by atomic mass is 10.2. The Morgan fingerprint density at radius 3 is 2.20 bits per heavy atom. The van der Waals surface area contributed by atoms with Crippen LogP contribution in [0.4, 0.5) is 5.69 Å². The summed E-state index contributed by atoms with van der Waals surface area (Å²) in [7, 11) is 0. The minimum atomic E-state index is -1.05. The molecule has 0 atom stereocenters. The van der Waals surface area contributed by atoms with Gasteiger partial charge in [-0.2, -0.15) is 0 Å². The van der Waals surface area contributed by atoms with Crippen molar-refractivity contribution in [2.24, 2.45) is 0 Å². The maximum Gasteiger partial charge on any atom is 0.319 e. The topological polar surface area (TPSA) is 66.4 Å². The van der Waals surface area contributed by atoms with E-state index in [9.17, 15) is 9.59 Å². The SMILES string of the molecule is CC(C)(SCC(=O)Nc1c(Cl)cc(Cl)cc1Cl)C(=O)O. The monoisotopic (exact) mass is 355 g/mol. The number of hydrogen-bond donors (Lipinski definition) is 2. The van der Waals surface area contributed by atoms with E-state index in [0.717, 1.165) is 11.8 Å². The highest BCUT2D eigenvalue weighted by molar-refractivity contribution is 8.02. The summed E-state index contributed by atoms with van der Waals surface area (Å²) >= 11 is 18.6. The number of carboxylic acids is 1. The minimum Gasteiger partial charge on any atom is -0.480 e. The second-order valence-corrected chi connectivity index (χ2v) is 7.25. The number of carbonyl (C=O) groups is 2. The number of nitrogens with one attached hydrogen (secondary N) is 1. The number of halogens is 3. The Morgan fingerprint density at radius 2 is 1.75 bits per heavy atom. The van der Waals surface area contributed by atoms with E-state index in [2.05, 4.69) is 5.32 Å². The highest BCUT2D eigenvalue weighted by atomic mass is 35.5. The molecule has 8 heteroatoms. The first-order valence-corrected chi connectivity index (χ1v) is 7.57. The van der Waals surface area contributed by atoms with Crippen molar-refractivity contribution >= 4 is 64.1 Å². The molecule has 0 unspecified atom stereocenters. The molecule has 110 valence electrons. The first-order chi connectivity index (χ1) is 9.13. The Labute approximate surface area is 135 Å². The van der Waals surface area contributed by atoms with Crippen LogP contribution in [0, 0.1) is 0 Å². The summed E-state index contributed by atoms with van der Waals surface area (Å²) in [5.74, 6) is -1.41. The van der Waals surface area contributed by atoms with E-state index in [1.54, 1.807) is 0 Å². The van der Waals surface area contributed by atoms with Crippen molar-refractivity contribution in [3.63, 3.8) is 0 Å². The summed E-state index contributed by atoms with van der Waals surface area (Å²) in [6.45, 7) is 3.05. The number of carbonyl (C=O) groups excluding carboxylic acids is 1. The molecular formula is C12H12Cl3NO3S. The molecule has 1 aromatic rings. The molecule has 0 saturated carbocycles. The van der Waals surface area contributed by atoms with Gasteiger partial charge >= 0.3 is 5.97 Å². The average Bonchev–Trinajstić information content (AvgIpc) is 2.31. The van der Waals surface area contributed by atoms with E-state index in [4.69, 9.17) is 39.9 Å². The Kier molecular flexibility index (Phi) is 6.01. The Hall–Kier alpha value is -0.620. The molecule has 0 aliphatic carbocycles. The van der Waals surface area contributed by atoms with Gasteiger partial charge in [-0.15, -0.1) is 11.8 Å². The number of anilines is 1. The predicted octanol–water partition coefficient (Wildman–Crippen LogP) is 4.18. The average molecular weight is 357 g/mol. The number of amides is 1. The summed E-state index contributed by atoms with van der Waals surface area (Å²) in [5, 5.41) is 12.3. The van der Waals surface area contributed by atoms with Crippen molar-refractivity contribution in [2.45, 2.75) is 18.6 Å². The lowest BCUT2D eigenvalue weighted by molar-refractivity contribution is -0.138. The van der Waals surface area contributed by atoms with Crippen LogP contribution >= 0.6 is 46.6 Å². The molecule has 1 rings (SSSR count). The third-order valence-electron chi connectivity index (χ3n) is 2.35. The van der Waals surface area contributed by atoms with E-state index in [-0.39, 0.29) is 21.5 Å². The fourth-order valence-electron chi connectivity index (χ4n) is 1.14. The first kappa shape index (κ1) is 17.4. The second-order valence-electron chi connectivity index (χ2n) is 4.40. The molecule has 20 heavy (non-hydrogen) atoms. The zero-order chi connectivity index (χ0) is 15.5. The second kappa shape index (κ2) is 6.89. The van der Waals surface area contributed by atoms with Crippen LogP contribution in [0.1, 0.15) is 13.8 Å². The Balaban J connectivity index is 2.71. The normalized spacial score (nSPS) is 11.2. The Morgan fingerprint density at radius 1 is 1.25 bits per heavy atom. The molecule has 0 saturated heterocycles. The maximum absolute atomic E-state index is 11.8. The van der Waals surface area contributed by atoms with Crippen molar-refractivity contribution in [1.82, 2.24) is 0 Å². The van der Waals surface area contributed by atoms with E-state index in [1.807, 2.05) is 0 Å². The molecule has 0 fully saturated rings. The zero-order valence-corrected chi connectivity index (χ0v) is 13.8. The van der Waals surface area contributed by atoms with Crippen molar-refractivity contribution < 1.29 is 14.7 Å². The summed E-state index contributed by atoms with van der Waals surface area (Å²) < 4.78 is -1.05. The van der Waals surface area contributed by atoms with Gasteiger partial charge in [-0.1, -0.05) is 34.8 Å². The van der Waals surface area contributed by atoms with Gasteiger partial charge in [0.15, 0.2) is 0 Å². The Bertz CT molecular complexity index is 526. The predicted molar refractivity (Wildman–Crippen MR) is 84.3 cm³/mol. The van der Waals surface area contributed by atoms with Crippen LogP contribution in [-0.4, -0.2) is 27.5 Å². The summed E-state index contributed by atoms with van der Waals surface area (Å²) in [4.78, 5) is 22.7. The van der Waals surface area contributed by atoms with Gasteiger partial charge in [0.1, 0.15) is 4.75 Å². The largest absolute Gasteiger partial charge is 0.480 e. The smallest absolute Gasteiger partial charge is 0.319 e. The zero-order valence-electron chi connectivity index (χ0n) is 10.7. The summed E-state index contributed by atoms with van der Waals surface area (Å²) in [6.07, 6.45) is 0. The molecule has 1 aromatic carbocycles. The van der Waals surface area contributed by atoms with Crippen LogP contribution in [0.3, 0.4) is 0 Å². The summed E-state index contributed by atoms with van der Waals surface area (Å²) in [5.41, 5.74) is 0.261. The van der Waals surface area contributed by atoms with Gasteiger partial charge < -0.3 is 10.4 Å². The number of aliphatic carboxylic acids is 1. The van der Waals surface area contributed by atoms with Crippen LogP contribution in [0.2, 0.25) is 15.1 Å². The van der Waals surface area contributed by atoms with Crippen molar-refractivity contribution in [3.8, 4) is 0 Å². The quantitative estimate of drug-likeness (QED) is 0.830. The standard InChI is InChI=1S/C12H12Cl3NO3S/c1-12(2,11(18)19)20-5-9(17)16-10-7(14)3-6(13)4-8(10)15/h3-4H,5H2,1-2H3,(H,16,17)(H,18,19). The van der Waals surface area contributed by atoms with Gasteiger partial charge in [0.05, 0.1) is 21.5 Å². The van der Waals surface area contributed by atoms with E-state index < -0.39 is 16.6 Å². The van der Waals surface area contributed by atoms with E-state index in [0.29, 0.717) is 5.02 Å². The molecular weight excluding hydrogens is 345 g/mol. The van der Waals surface area contributed by atoms with Gasteiger partial charge in [-0.3, -0.25) is 9.59 Å². The van der Waals surface area contributed by atoms with Gasteiger partial charge in [-0.25, -0.2) is 0 Å². The fraction of sp³-hybridized carbons (Fsp3) is 0.333. The number of hydrogen-bond acceptors (Lipinski definition) is 3. The van der Waals surface area contributed by atoms with Crippen LogP contribution in [0.15, 0.2) is 12.1 Å². The minimum absolute atomic E-state index is 0.0332. The number of thioether (sulfide) groups is 1. The lowest BCUT2D eigenvalue weighted by Gasteiger charge is -2.18. The molecule has 4 nitrogen and oxygen atoms in total. The molecule has 0 bridgehead atoms. The lowest BCUT2D eigenvalue weighted by Crippen LogP contribution is -2.29.